The van der Waals surface area contributed by atoms with Crippen molar-refractivity contribution in [2.24, 2.45) is 0 Å². The highest BCUT2D eigenvalue weighted by molar-refractivity contribution is 14.1. The molecule has 0 N–H and O–H groups in total. The first-order valence-corrected chi connectivity index (χ1v) is 5.51. The Bertz CT molecular complexity index is 283. The Morgan fingerprint density at radius 2 is 2.36 bits per heavy atom. The number of hydrogen-bond acceptors (Lipinski definition) is 4. The minimum absolute atomic E-state index is 0.0124. The average molecular weight is 308 g/mol. The van der Waals surface area contributed by atoms with Gasteiger partial charge in [-0.25, -0.2) is 9.97 Å². The normalized spacial score (nSPS) is 12.5. The molecule has 0 spiro atoms. The Balaban J connectivity index is 2.47. The number of ether oxygens (including phenoxy) is 2. The molecule has 0 saturated carbocycles. The second kappa shape index (κ2) is 6.13. The molecule has 0 radical (unpaired) electrons. The van der Waals surface area contributed by atoms with E-state index in [-0.39, 0.29) is 6.10 Å². The third-order valence-electron chi connectivity index (χ3n) is 1.50. The second-order valence-electron chi connectivity index (χ2n) is 2.76. The summed E-state index contributed by atoms with van der Waals surface area (Å²) >= 11 is 2.14. The smallest absolute Gasteiger partial charge is 0.230 e. The van der Waals surface area contributed by atoms with Crippen molar-refractivity contribution in [1.29, 1.82) is 0 Å². The standard InChI is InChI=1S/C9H13IN2O2/c1-3-13-5-7(2)14-9-8(10)4-11-6-12-9/h4,6-7H,3,5H2,1-2H3. The van der Waals surface area contributed by atoms with Crippen LogP contribution in [0.2, 0.25) is 0 Å². The van der Waals surface area contributed by atoms with E-state index in [1.165, 1.54) is 6.33 Å². The molecule has 4 nitrogen and oxygen atoms in total. The molecule has 0 aromatic carbocycles. The minimum atomic E-state index is 0.0124. The molecule has 1 unspecified atom stereocenters. The molecule has 0 fully saturated rings. The monoisotopic (exact) mass is 308 g/mol. The summed E-state index contributed by atoms with van der Waals surface area (Å²) in [5, 5.41) is 0. The van der Waals surface area contributed by atoms with Gasteiger partial charge in [0.1, 0.15) is 12.4 Å². The quantitative estimate of drug-likeness (QED) is 0.779. The summed E-state index contributed by atoms with van der Waals surface area (Å²) in [6, 6.07) is 0. The molecular formula is C9H13IN2O2. The fourth-order valence-corrected chi connectivity index (χ4v) is 1.32. The summed E-state index contributed by atoms with van der Waals surface area (Å²) in [6.45, 7) is 5.19. The van der Waals surface area contributed by atoms with Crippen LogP contribution in [0.1, 0.15) is 13.8 Å². The van der Waals surface area contributed by atoms with E-state index in [0.717, 1.165) is 3.57 Å². The van der Waals surface area contributed by atoms with E-state index in [4.69, 9.17) is 9.47 Å². The van der Waals surface area contributed by atoms with Gasteiger partial charge in [-0.1, -0.05) is 0 Å². The zero-order valence-electron chi connectivity index (χ0n) is 8.24. The van der Waals surface area contributed by atoms with Crippen molar-refractivity contribution < 1.29 is 9.47 Å². The maximum absolute atomic E-state index is 5.56. The number of aromatic nitrogens is 2. The molecule has 1 aromatic rings. The van der Waals surface area contributed by atoms with Crippen molar-refractivity contribution in [1.82, 2.24) is 9.97 Å². The van der Waals surface area contributed by atoms with E-state index in [9.17, 15) is 0 Å². The fourth-order valence-electron chi connectivity index (χ4n) is 0.897. The molecule has 1 aromatic heterocycles. The summed E-state index contributed by atoms with van der Waals surface area (Å²) in [4.78, 5) is 7.91. The first-order valence-electron chi connectivity index (χ1n) is 4.44. The van der Waals surface area contributed by atoms with Gasteiger partial charge in [0, 0.05) is 12.8 Å². The van der Waals surface area contributed by atoms with E-state index in [1.807, 2.05) is 13.8 Å². The lowest BCUT2D eigenvalue weighted by molar-refractivity contribution is 0.0628. The van der Waals surface area contributed by atoms with Gasteiger partial charge in [-0.05, 0) is 36.4 Å². The molecular weight excluding hydrogens is 295 g/mol. The third-order valence-corrected chi connectivity index (χ3v) is 2.24. The molecule has 1 rings (SSSR count). The number of nitrogens with zero attached hydrogens (tertiary/aromatic N) is 2. The maximum atomic E-state index is 5.56. The number of halogens is 1. The third kappa shape index (κ3) is 3.75. The highest BCUT2D eigenvalue weighted by atomic mass is 127. The van der Waals surface area contributed by atoms with Crippen molar-refractivity contribution >= 4 is 22.6 Å². The highest BCUT2D eigenvalue weighted by Gasteiger charge is 2.07. The molecule has 5 heteroatoms. The Kier molecular flexibility index (Phi) is 5.10. The summed E-state index contributed by atoms with van der Waals surface area (Å²) in [7, 11) is 0. The van der Waals surface area contributed by atoms with Crippen LogP contribution in [0.25, 0.3) is 0 Å². The summed E-state index contributed by atoms with van der Waals surface area (Å²) in [5.41, 5.74) is 0. The Morgan fingerprint density at radius 3 is 3.00 bits per heavy atom. The van der Waals surface area contributed by atoms with Gasteiger partial charge in [0.2, 0.25) is 5.88 Å². The van der Waals surface area contributed by atoms with E-state index in [0.29, 0.717) is 19.1 Å². The predicted molar refractivity (Wildman–Crippen MR) is 61.3 cm³/mol. The molecule has 0 aliphatic rings. The van der Waals surface area contributed by atoms with E-state index in [2.05, 4.69) is 32.6 Å². The Morgan fingerprint density at radius 1 is 1.57 bits per heavy atom. The van der Waals surface area contributed by atoms with Crippen molar-refractivity contribution in [3.05, 3.63) is 16.1 Å². The Labute approximate surface area is 97.2 Å². The molecule has 0 bridgehead atoms. The average Bonchev–Trinajstić information content (AvgIpc) is 2.18. The van der Waals surface area contributed by atoms with Gasteiger partial charge < -0.3 is 9.47 Å². The van der Waals surface area contributed by atoms with Crippen molar-refractivity contribution in [3.8, 4) is 5.88 Å². The summed E-state index contributed by atoms with van der Waals surface area (Å²) < 4.78 is 11.7. The lowest BCUT2D eigenvalue weighted by Crippen LogP contribution is -2.20. The minimum Gasteiger partial charge on any atom is -0.471 e. The van der Waals surface area contributed by atoms with Crippen molar-refractivity contribution in [2.45, 2.75) is 20.0 Å². The molecule has 0 amide bonds. The predicted octanol–water partition coefficient (Wildman–Crippen LogP) is 1.89. The van der Waals surface area contributed by atoms with E-state index >= 15 is 0 Å². The van der Waals surface area contributed by atoms with Crippen molar-refractivity contribution in [2.75, 3.05) is 13.2 Å². The zero-order chi connectivity index (χ0) is 10.4. The van der Waals surface area contributed by atoms with Gasteiger partial charge in [-0.3, -0.25) is 0 Å². The second-order valence-corrected chi connectivity index (χ2v) is 3.93. The molecule has 1 atom stereocenters. The van der Waals surface area contributed by atoms with Crippen LogP contribution in [0, 0.1) is 3.57 Å². The zero-order valence-corrected chi connectivity index (χ0v) is 10.4. The first-order chi connectivity index (χ1) is 6.74. The van der Waals surface area contributed by atoms with Crippen LogP contribution in [0.15, 0.2) is 12.5 Å². The van der Waals surface area contributed by atoms with Gasteiger partial charge in [0.05, 0.1) is 10.2 Å². The topological polar surface area (TPSA) is 44.2 Å². The molecule has 78 valence electrons. The van der Waals surface area contributed by atoms with Crippen LogP contribution in [0.3, 0.4) is 0 Å². The fraction of sp³-hybridized carbons (Fsp3) is 0.556. The highest BCUT2D eigenvalue weighted by Crippen LogP contribution is 2.16. The van der Waals surface area contributed by atoms with Gasteiger partial charge >= 0.3 is 0 Å². The SMILES string of the molecule is CCOCC(C)Oc1ncncc1I. The van der Waals surface area contributed by atoms with Gasteiger partial charge in [0.15, 0.2) is 0 Å². The van der Waals surface area contributed by atoms with Crippen LogP contribution >= 0.6 is 22.6 Å². The van der Waals surface area contributed by atoms with Crippen LogP contribution in [0.4, 0.5) is 0 Å². The molecule has 0 aliphatic carbocycles. The van der Waals surface area contributed by atoms with Gasteiger partial charge in [0.25, 0.3) is 0 Å². The van der Waals surface area contributed by atoms with Gasteiger partial charge in [-0.15, -0.1) is 0 Å². The van der Waals surface area contributed by atoms with E-state index < -0.39 is 0 Å². The maximum Gasteiger partial charge on any atom is 0.230 e. The van der Waals surface area contributed by atoms with Crippen LogP contribution in [-0.2, 0) is 4.74 Å². The number of rotatable bonds is 5. The van der Waals surface area contributed by atoms with Crippen LogP contribution in [-0.4, -0.2) is 29.3 Å². The summed E-state index contributed by atoms with van der Waals surface area (Å²) in [5.74, 6) is 0.618. The first kappa shape index (κ1) is 11.6. The largest absolute Gasteiger partial charge is 0.471 e. The lowest BCUT2D eigenvalue weighted by atomic mass is 10.4. The van der Waals surface area contributed by atoms with Crippen molar-refractivity contribution in [3.63, 3.8) is 0 Å². The molecule has 14 heavy (non-hydrogen) atoms. The molecule has 1 heterocycles. The lowest BCUT2D eigenvalue weighted by Gasteiger charge is -2.13. The van der Waals surface area contributed by atoms with Gasteiger partial charge in [-0.2, -0.15) is 0 Å². The Hall–Kier alpha value is -0.430. The van der Waals surface area contributed by atoms with E-state index in [1.54, 1.807) is 6.20 Å². The van der Waals surface area contributed by atoms with Crippen LogP contribution in [0.5, 0.6) is 5.88 Å². The van der Waals surface area contributed by atoms with Crippen LogP contribution < -0.4 is 4.74 Å². The molecule has 0 aliphatic heterocycles. The number of hydrogen-bond donors (Lipinski definition) is 0. The summed E-state index contributed by atoms with van der Waals surface area (Å²) in [6.07, 6.45) is 3.21. The molecule has 0 saturated heterocycles.